The van der Waals surface area contributed by atoms with E-state index in [-0.39, 0.29) is 0 Å². The third kappa shape index (κ3) is 1.19. The predicted molar refractivity (Wildman–Crippen MR) is 39.8 cm³/mol. The molecule has 1 heterocycles. The number of halogens is 2. The van der Waals surface area contributed by atoms with Crippen molar-refractivity contribution < 1.29 is 0 Å². The second-order valence-electron chi connectivity index (χ2n) is 1.98. The topological polar surface area (TPSA) is 38.4 Å². The van der Waals surface area contributed by atoms with Crippen LogP contribution < -0.4 is 5.73 Å². The van der Waals surface area contributed by atoms with Crippen molar-refractivity contribution >= 4 is 29.0 Å². The van der Waals surface area contributed by atoms with E-state index < -0.39 is 5.00 Å². The van der Waals surface area contributed by atoms with Crippen molar-refractivity contribution in [2.75, 3.05) is 0 Å². The average Bonchev–Trinajstić information content (AvgIpc) is 1.79. The lowest BCUT2D eigenvalue weighted by Crippen LogP contribution is -2.11. The number of nitrogens with zero attached hydrogens (tertiary/aromatic N) is 1. The Hall–Kier alpha value is -0.210. The van der Waals surface area contributed by atoms with E-state index in [9.17, 15) is 0 Å². The van der Waals surface area contributed by atoms with Gasteiger partial charge in [-0.1, -0.05) is 23.2 Å². The first-order valence-corrected chi connectivity index (χ1v) is 3.20. The van der Waals surface area contributed by atoms with Gasteiger partial charge in [-0.2, -0.15) is 0 Å². The molecule has 50 valence electrons. The lowest BCUT2D eigenvalue weighted by Gasteiger charge is -2.09. The van der Waals surface area contributed by atoms with Gasteiger partial charge >= 0.3 is 0 Å². The Balaban J connectivity index is 2.96. The van der Waals surface area contributed by atoms with E-state index in [0.717, 1.165) is 0 Å². The monoisotopic (exact) mass is 164 g/mol. The molecule has 4 heteroatoms. The maximum atomic E-state index is 5.75. The van der Waals surface area contributed by atoms with E-state index >= 15 is 0 Å². The zero-order chi connectivity index (χ0) is 7.07. The number of hydrogen-bond donors (Lipinski definition) is 1. The SMILES string of the molecule is CC1(Cl)N=C(N)C=C1Cl. The highest BCUT2D eigenvalue weighted by Gasteiger charge is 2.28. The second-order valence-corrected chi connectivity index (χ2v) is 3.13. The maximum Gasteiger partial charge on any atom is 0.169 e. The van der Waals surface area contributed by atoms with Crippen LogP contribution in [0.1, 0.15) is 6.92 Å². The number of rotatable bonds is 0. The first-order chi connectivity index (χ1) is 4.02. The maximum absolute atomic E-state index is 5.75. The summed E-state index contributed by atoms with van der Waals surface area (Å²) < 4.78 is 0. The van der Waals surface area contributed by atoms with Gasteiger partial charge in [0.15, 0.2) is 5.00 Å². The van der Waals surface area contributed by atoms with Crippen LogP contribution in [-0.4, -0.2) is 10.8 Å². The molecule has 0 spiro atoms. The number of alkyl halides is 1. The van der Waals surface area contributed by atoms with E-state index in [0.29, 0.717) is 10.9 Å². The Bertz CT molecular complexity index is 193. The van der Waals surface area contributed by atoms with Crippen LogP contribution >= 0.6 is 23.2 Å². The molecule has 2 nitrogen and oxygen atoms in total. The molecular formula is C5H6Cl2N2. The van der Waals surface area contributed by atoms with Gasteiger partial charge in [0.05, 0.1) is 5.03 Å². The number of amidine groups is 1. The molecule has 0 amide bonds. The molecule has 1 aliphatic heterocycles. The zero-order valence-corrected chi connectivity index (χ0v) is 6.37. The minimum Gasteiger partial charge on any atom is -0.384 e. The van der Waals surface area contributed by atoms with Gasteiger partial charge in [-0.3, -0.25) is 0 Å². The highest BCUT2D eigenvalue weighted by Crippen LogP contribution is 2.32. The van der Waals surface area contributed by atoms with Crippen LogP contribution in [0.2, 0.25) is 0 Å². The molecule has 0 aromatic carbocycles. The number of aliphatic imine (C=N–C) groups is 1. The molecule has 0 bridgehead atoms. The molecule has 0 fully saturated rings. The largest absolute Gasteiger partial charge is 0.384 e. The molecule has 9 heavy (non-hydrogen) atoms. The third-order valence-corrected chi connectivity index (χ3v) is 1.91. The van der Waals surface area contributed by atoms with Crippen molar-refractivity contribution in [3.05, 3.63) is 11.1 Å². The lowest BCUT2D eigenvalue weighted by molar-refractivity contribution is 0.833. The smallest absolute Gasteiger partial charge is 0.169 e. The van der Waals surface area contributed by atoms with Gasteiger partial charge in [0.1, 0.15) is 5.84 Å². The first-order valence-electron chi connectivity index (χ1n) is 2.44. The summed E-state index contributed by atoms with van der Waals surface area (Å²) in [6.45, 7) is 1.69. The van der Waals surface area contributed by atoms with Crippen LogP contribution in [0.4, 0.5) is 0 Å². The molecule has 0 aliphatic carbocycles. The fourth-order valence-corrected chi connectivity index (χ4v) is 0.896. The zero-order valence-electron chi connectivity index (χ0n) is 4.86. The second kappa shape index (κ2) is 1.89. The van der Waals surface area contributed by atoms with E-state index in [1.165, 1.54) is 0 Å². The Morgan fingerprint density at radius 3 is 2.44 bits per heavy atom. The molecule has 0 aromatic rings. The Labute approximate surface area is 63.3 Å². The fraction of sp³-hybridized carbons (Fsp3) is 0.400. The summed E-state index contributed by atoms with van der Waals surface area (Å²) in [5, 5.41) is 0.474. The first kappa shape index (κ1) is 6.90. The summed E-state index contributed by atoms with van der Waals surface area (Å²) in [6.07, 6.45) is 1.55. The summed E-state index contributed by atoms with van der Waals surface area (Å²) in [7, 11) is 0. The van der Waals surface area contributed by atoms with Crippen molar-refractivity contribution in [2.45, 2.75) is 11.9 Å². The fourth-order valence-electron chi connectivity index (χ4n) is 0.590. The normalized spacial score (nSPS) is 34.1. The van der Waals surface area contributed by atoms with E-state index in [1.807, 2.05) is 0 Å². The molecule has 0 radical (unpaired) electrons. The quantitative estimate of drug-likeness (QED) is 0.428. The minimum atomic E-state index is -0.814. The van der Waals surface area contributed by atoms with Gasteiger partial charge < -0.3 is 5.73 Å². The van der Waals surface area contributed by atoms with Gasteiger partial charge in [0, 0.05) is 0 Å². The predicted octanol–water partition coefficient (Wildman–Crippen LogP) is 1.43. The van der Waals surface area contributed by atoms with Gasteiger partial charge in [-0.25, -0.2) is 4.99 Å². The van der Waals surface area contributed by atoms with Gasteiger partial charge in [0.2, 0.25) is 0 Å². The number of hydrogen-bond acceptors (Lipinski definition) is 2. The Morgan fingerprint density at radius 1 is 1.78 bits per heavy atom. The molecule has 0 saturated carbocycles. The molecule has 1 atom stereocenters. The van der Waals surface area contributed by atoms with Crippen LogP contribution in [0.5, 0.6) is 0 Å². The van der Waals surface area contributed by atoms with E-state index in [4.69, 9.17) is 28.9 Å². The molecule has 1 rings (SSSR count). The molecular weight excluding hydrogens is 159 g/mol. The van der Waals surface area contributed by atoms with Crippen LogP contribution in [-0.2, 0) is 0 Å². The van der Waals surface area contributed by atoms with Crippen molar-refractivity contribution in [1.82, 2.24) is 0 Å². The minimum absolute atomic E-state index is 0.387. The summed E-state index contributed by atoms with van der Waals surface area (Å²) in [5.41, 5.74) is 5.31. The highest BCUT2D eigenvalue weighted by atomic mass is 35.5. The van der Waals surface area contributed by atoms with Gasteiger partial charge in [0.25, 0.3) is 0 Å². The van der Waals surface area contributed by atoms with Gasteiger partial charge in [-0.15, -0.1) is 0 Å². The summed E-state index contributed by atoms with van der Waals surface area (Å²) in [6, 6.07) is 0. The van der Waals surface area contributed by atoms with Crippen molar-refractivity contribution in [1.29, 1.82) is 0 Å². The lowest BCUT2D eigenvalue weighted by atomic mass is 10.3. The summed E-state index contributed by atoms with van der Waals surface area (Å²) >= 11 is 11.4. The standard InChI is InChI=1S/C5H6Cl2N2/c1-5(7)3(6)2-4(8)9-5/h2H,1H3,(H2,8,9). The van der Waals surface area contributed by atoms with Crippen molar-refractivity contribution in [2.24, 2.45) is 10.7 Å². The summed E-state index contributed by atoms with van der Waals surface area (Å²) in [5.74, 6) is 0.387. The molecule has 0 saturated heterocycles. The van der Waals surface area contributed by atoms with Crippen LogP contribution in [0.3, 0.4) is 0 Å². The molecule has 1 unspecified atom stereocenters. The highest BCUT2D eigenvalue weighted by molar-refractivity contribution is 6.41. The average molecular weight is 165 g/mol. The molecule has 1 aliphatic rings. The van der Waals surface area contributed by atoms with Crippen molar-refractivity contribution in [3.8, 4) is 0 Å². The van der Waals surface area contributed by atoms with E-state index in [1.54, 1.807) is 13.0 Å². The van der Waals surface area contributed by atoms with Crippen LogP contribution in [0.25, 0.3) is 0 Å². The molecule has 2 N–H and O–H groups in total. The summed E-state index contributed by atoms with van der Waals surface area (Å²) in [4.78, 5) is 3.02. The van der Waals surface area contributed by atoms with Crippen LogP contribution in [0.15, 0.2) is 16.1 Å². The van der Waals surface area contributed by atoms with E-state index in [2.05, 4.69) is 4.99 Å². The van der Waals surface area contributed by atoms with Crippen LogP contribution in [0, 0.1) is 0 Å². The Kier molecular flexibility index (Phi) is 1.45. The van der Waals surface area contributed by atoms with Gasteiger partial charge in [-0.05, 0) is 13.0 Å². The molecule has 0 aromatic heterocycles. The third-order valence-electron chi connectivity index (χ3n) is 1.05. The Morgan fingerprint density at radius 2 is 2.33 bits per heavy atom. The van der Waals surface area contributed by atoms with Crippen molar-refractivity contribution in [3.63, 3.8) is 0 Å². The number of nitrogens with two attached hydrogens (primary N) is 1.